The molecular weight excluding hydrogens is 305 g/mol. The molecule has 0 fully saturated rings. The van der Waals surface area contributed by atoms with Crippen molar-refractivity contribution in [1.82, 2.24) is 0 Å². The molecule has 0 aromatic heterocycles. The van der Waals surface area contributed by atoms with E-state index in [-0.39, 0.29) is 5.33 Å². The smallest absolute Gasteiger partial charge is 0.348 e. The SMILES string of the molecule is N=I[C@](O)(CBr)C(=O)O. The molecule has 0 spiro atoms. The van der Waals surface area contributed by atoms with Crippen LogP contribution in [0.15, 0.2) is 0 Å². The van der Waals surface area contributed by atoms with E-state index in [9.17, 15) is 4.79 Å². The van der Waals surface area contributed by atoms with Gasteiger partial charge in [-0.3, -0.25) is 3.56 Å². The van der Waals surface area contributed by atoms with Crippen LogP contribution in [0, 0.1) is 3.56 Å². The van der Waals surface area contributed by atoms with Crippen molar-refractivity contribution in [2.45, 2.75) is 3.61 Å². The quantitative estimate of drug-likeness (QED) is 0.535. The molecule has 1 atom stereocenters. The van der Waals surface area contributed by atoms with Crippen molar-refractivity contribution in [3.63, 3.8) is 0 Å². The summed E-state index contributed by atoms with van der Waals surface area (Å²) in [5.41, 5.74) is 0. The first-order valence-corrected chi connectivity index (χ1v) is 5.18. The maximum Gasteiger partial charge on any atom is 0.348 e. The highest BCUT2D eigenvalue weighted by Gasteiger charge is 2.33. The lowest BCUT2D eigenvalue weighted by Crippen LogP contribution is -2.33. The van der Waals surface area contributed by atoms with Gasteiger partial charge < -0.3 is 10.2 Å². The first-order chi connectivity index (χ1) is 4.06. The lowest BCUT2D eigenvalue weighted by Gasteiger charge is -2.11. The number of carboxylic acid groups (broad SMARTS) is 1. The molecule has 9 heavy (non-hydrogen) atoms. The minimum Gasteiger partial charge on any atom is -0.478 e. The van der Waals surface area contributed by atoms with Crippen molar-refractivity contribution in [2.24, 2.45) is 0 Å². The minimum atomic E-state index is -1.81. The van der Waals surface area contributed by atoms with Crippen molar-refractivity contribution in [1.29, 1.82) is 3.56 Å². The van der Waals surface area contributed by atoms with Crippen molar-refractivity contribution in [3.05, 3.63) is 0 Å². The molecular formula is C3H5BrINO3. The molecule has 0 rings (SSSR count). The molecule has 0 aliphatic rings. The summed E-state index contributed by atoms with van der Waals surface area (Å²) < 4.78 is 4.93. The zero-order valence-corrected chi connectivity index (χ0v) is 8.01. The number of aliphatic hydroxyl groups is 1. The van der Waals surface area contributed by atoms with Crippen LogP contribution in [0.2, 0.25) is 0 Å². The van der Waals surface area contributed by atoms with Gasteiger partial charge in [-0.25, -0.2) is 4.79 Å². The predicted octanol–water partition coefficient (Wildman–Crippen LogP) is 0.888. The van der Waals surface area contributed by atoms with E-state index in [0.717, 1.165) is 0 Å². The maximum atomic E-state index is 10.1. The summed E-state index contributed by atoms with van der Waals surface area (Å²) in [4.78, 5) is 10.1. The standard InChI is InChI=1S/C3H5BrINO3/c4-1-3(9,5-6)2(7)8/h6,9H,1H2,(H,7,8)/t3-/m0/s1. The van der Waals surface area contributed by atoms with E-state index >= 15 is 0 Å². The maximum absolute atomic E-state index is 10.1. The second-order valence-corrected chi connectivity index (χ2v) is 4.18. The number of hydrogen-bond acceptors (Lipinski definition) is 3. The van der Waals surface area contributed by atoms with Crippen LogP contribution < -0.4 is 0 Å². The summed E-state index contributed by atoms with van der Waals surface area (Å²) in [7, 11) is 0. The molecule has 0 saturated heterocycles. The fourth-order valence-electron chi connectivity index (χ4n) is 0.123. The van der Waals surface area contributed by atoms with Crippen molar-refractivity contribution in [2.75, 3.05) is 5.33 Å². The number of hydrogen-bond donors (Lipinski definition) is 3. The normalized spacial score (nSPS) is 16.7. The van der Waals surface area contributed by atoms with Crippen molar-refractivity contribution in [3.8, 4) is 0 Å². The lowest BCUT2D eigenvalue weighted by atomic mass is 10.4. The van der Waals surface area contributed by atoms with E-state index in [4.69, 9.17) is 13.8 Å². The van der Waals surface area contributed by atoms with Gasteiger partial charge in [-0.1, -0.05) is 15.9 Å². The third kappa shape index (κ3) is 2.26. The van der Waals surface area contributed by atoms with Gasteiger partial charge >= 0.3 is 5.97 Å². The Labute approximate surface area is 70.3 Å². The van der Waals surface area contributed by atoms with Gasteiger partial charge in [0.2, 0.25) is 3.61 Å². The molecule has 0 aliphatic heterocycles. The summed E-state index contributed by atoms with van der Waals surface area (Å²) >= 11 is 1.39. The van der Waals surface area contributed by atoms with Gasteiger partial charge in [-0.15, -0.1) is 0 Å². The minimum absolute atomic E-state index is 0.0634. The van der Waals surface area contributed by atoms with E-state index in [1.807, 2.05) is 0 Å². The number of alkyl halides is 2. The van der Waals surface area contributed by atoms with Crippen LogP contribution in [0.1, 0.15) is 0 Å². The Morgan fingerprint density at radius 2 is 2.33 bits per heavy atom. The Bertz CT molecular complexity index is 141. The molecule has 0 aromatic carbocycles. The second kappa shape index (κ2) is 3.57. The zero-order valence-electron chi connectivity index (χ0n) is 4.27. The predicted molar refractivity (Wildman–Crippen MR) is 43.1 cm³/mol. The highest BCUT2D eigenvalue weighted by atomic mass is 127. The van der Waals surface area contributed by atoms with E-state index in [1.165, 1.54) is 0 Å². The first-order valence-electron chi connectivity index (χ1n) is 1.90. The molecule has 6 heteroatoms. The highest BCUT2D eigenvalue weighted by Crippen LogP contribution is 2.22. The van der Waals surface area contributed by atoms with Gasteiger partial charge in [0.05, 0.1) is 5.33 Å². The summed E-state index contributed by atoms with van der Waals surface area (Å²) in [5, 5.41) is 17.1. The molecule has 3 N–H and O–H groups in total. The third-order valence-corrected chi connectivity index (χ3v) is 4.26. The fraction of sp³-hybridized carbons (Fsp3) is 0.667. The number of nitrogens with one attached hydrogen (secondary N) is 1. The summed E-state index contributed by atoms with van der Waals surface area (Å²) in [6.07, 6.45) is 0. The second-order valence-electron chi connectivity index (χ2n) is 1.29. The van der Waals surface area contributed by atoms with E-state index in [1.54, 1.807) is 0 Å². The molecule has 0 aliphatic carbocycles. The number of carboxylic acids is 1. The van der Waals surface area contributed by atoms with Crippen molar-refractivity contribution >= 4 is 42.9 Å². The Hall–Kier alpha value is 0.440. The Morgan fingerprint density at radius 1 is 1.89 bits per heavy atom. The number of carbonyl (C=O) groups is 1. The molecule has 0 amide bonds. The Kier molecular flexibility index (Phi) is 3.74. The lowest BCUT2D eigenvalue weighted by molar-refractivity contribution is -0.146. The van der Waals surface area contributed by atoms with E-state index in [2.05, 4.69) is 15.9 Å². The van der Waals surface area contributed by atoms with Gasteiger partial charge in [0, 0.05) is 21.0 Å². The van der Waals surface area contributed by atoms with Gasteiger partial charge in [0.25, 0.3) is 0 Å². The van der Waals surface area contributed by atoms with Crippen LogP contribution >= 0.6 is 37.0 Å². The average Bonchev–Trinajstić information content (AvgIpc) is 1.86. The van der Waals surface area contributed by atoms with Crippen LogP contribution in [0.3, 0.4) is 0 Å². The molecule has 4 nitrogen and oxygen atoms in total. The van der Waals surface area contributed by atoms with E-state index in [0.29, 0.717) is 0 Å². The third-order valence-electron chi connectivity index (χ3n) is 0.661. The number of halogens is 2. The topological polar surface area (TPSA) is 81.4 Å². The zero-order chi connectivity index (χ0) is 7.49. The first kappa shape index (κ1) is 9.44. The van der Waals surface area contributed by atoms with Crippen molar-refractivity contribution < 1.29 is 15.0 Å². The molecule has 0 saturated carbocycles. The largest absolute Gasteiger partial charge is 0.478 e. The monoisotopic (exact) mass is 309 g/mol. The molecule has 0 heterocycles. The Morgan fingerprint density at radius 3 is 2.33 bits per heavy atom. The van der Waals surface area contributed by atoms with Crippen LogP contribution in [0.5, 0.6) is 0 Å². The van der Waals surface area contributed by atoms with E-state index < -0.39 is 30.6 Å². The number of aliphatic carboxylic acids is 1. The Balaban J connectivity index is 4.27. The van der Waals surface area contributed by atoms with Crippen LogP contribution in [-0.2, 0) is 4.79 Å². The van der Waals surface area contributed by atoms with Crippen LogP contribution in [-0.4, -0.2) is 25.1 Å². The van der Waals surface area contributed by atoms with Gasteiger partial charge in [0.1, 0.15) is 0 Å². The highest BCUT2D eigenvalue weighted by molar-refractivity contribution is 14.2. The number of rotatable bonds is 3. The van der Waals surface area contributed by atoms with Crippen LogP contribution in [0.25, 0.3) is 0 Å². The molecule has 54 valence electrons. The fourth-order valence-corrected chi connectivity index (χ4v) is 1.45. The molecule has 0 unspecified atom stereocenters. The molecule has 0 radical (unpaired) electrons. The summed E-state index contributed by atoms with van der Waals surface area (Å²) in [5.74, 6) is -1.32. The van der Waals surface area contributed by atoms with Gasteiger partial charge in [-0.05, 0) is 0 Å². The van der Waals surface area contributed by atoms with Gasteiger partial charge in [-0.2, -0.15) is 0 Å². The average molecular weight is 310 g/mol. The molecule has 0 aromatic rings. The summed E-state index contributed by atoms with van der Waals surface area (Å²) in [6, 6.07) is 0. The van der Waals surface area contributed by atoms with Gasteiger partial charge in [0.15, 0.2) is 0 Å². The molecule has 0 bridgehead atoms. The summed E-state index contributed by atoms with van der Waals surface area (Å²) in [6.45, 7) is 0. The van der Waals surface area contributed by atoms with Crippen LogP contribution in [0.4, 0.5) is 0 Å².